The van der Waals surface area contributed by atoms with E-state index >= 15 is 0 Å². The van der Waals surface area contributed by atoms with Crippen molar-refractivity contribution < 1.29 is 28.3 Å². The van der Waals surface area contributed by atoms with Crippen LogP contribution < -0.4 is 0 Å². The second-order valence-corrected chi connectivity index (χ2v) is 12.2. The van der Waals surface area contributed by atoms with E-state index in [1.165, 1.54) is 12.1 Å². The van der Waals surface area contributed by atoms with Crippen LogP contribution in [-0.2, 0) is 10.1 Å². The van der Waals surface area contributed by atoms with Crippen molar-refractivity contribution in [2.75, 3.05) is 0 Å². The predicted octanol–water partition coefficient (Wildman–Crippen LogP) is 8.71. The summed E-state index contributed by atoms with van der Waals surface area (Å²) in [5, 5.41) is 42.6. The van der Waals surface area contributed by atoms with Crippen LogP contribution in [0.5, 0.6) is 5.75 Å². The molecule has 0 aliphatic carbocycles. The van der Waals surface area contributed by atoms with Gasteiger partial charge in [-0.3, -0.25) is 4.55 Å². The van der Waals surface area contributed by atoms with Gasteiger partial charge in [-0.2, -0.15) is 13.5 Å². The van der Waals surface area contributed by atoms with E-state index in [9.17, 15) is 28.3 Å². The second kappa shape index (κ2) is 14.9. The number of hydrogen-bond donors (Lipinski definition) is 4. The van der Waals surface area contributed by atoms with E-state index < -0.39 is 22.3 Å². The summed E-state index contributed by atoms with van der Waals surface area (Å²) in [7, 11) is -4.61. The molecule has 4 unspecified atom stereocenters. The number of hydrogen-bond acceptors (Lipinski definition) is 7. The summed E-state index contributed by atoms with van der Waals surface area (Å²) in [6, 6.07) is 12.6. The normalized spacial score (nSPS) is 15.3. The summed E-state index contributed by atoms with van der Waals surface area (Å²) in [6.45, 7) is 8.33. The molecule has 0 aliphatic heterocycles. The summed E-state index contributed by atoms with van der Waals surface area (Å²) >= 11 is 0. The molecule has 0 aliphatic rings. The Morgan fingerprint density at radius 1 is 0.756 bits per heavy atom. The zero-order valence-corrected chi connectivity index (χ0v) is 25.3. The van der Waals surface area contributed by atoms with Gasteiger partial charge in [0.15, 0.2) is 5.75 Å². The first-order valence-corrected chi connectivity index (χ1v) is 16.1. The van der Waals surface area contributed by atoms with Crippen molar-refractivity contribution in [3.05, 3.63) is 59.7 Å². The Labute approximate surface area is 243 Å². The zero-order valence-electron chi connectivity index (χ0n) is 24.5. The average Bonchev–Trinajstić information content (AvgIpc) is 2.96. The maximum absolute atomic E-state index is 12.1. The quantitative estimate of drug-likeness (QED) is 0.104. The third kappa shape index (κ3) is 7.92. The highest BCUT2D eigenvalue weighted by Gasteiger charge is 2.26. The van der Waals surface area contributed by atoms with Crippen LogP contribution in [0.3, 0.4) is 0 Å². The lowest BCUT2D eigenvalue weighted by Gasteiger charge is -2.26. The van der Waals surface area contributed by atoms with Gasteiger partial charge in [0.2, 0.25) is 0 Å². The molecule has 224 valence electrons. The van der Waals surface area contributed by atoms with Gasteiger partial charge in [0.05, 0.1) is 17.9 Å². The molecule has 0 spiro atoms. The number of phenols is 1. The zero-order chi connectivity index (χ0) is 30.2. The molecule has 0 bridgehead atoms. The molecule has 0 radical (unpaired) electrons. The van der Waals surface area contributed by atoms with E-state index in [2.05, 4.69) is 31.0 Å². The molecule has 0 saturated heterocycles. The fourth-order valence-corrected chi connectivity index (χ4v) is 6.14. The van der Waals surface area contributed by atoms with Crippen molar-refractivity contribution in [2.24, 2.45) is 22.1 Å². The van der Waals surface area contributed by atoms with Gasteiger partial charge in [-0.1, -0.05) is 96.6 Å². The minimum Gasteiger partial charge on any atom is -0.505 e. The minimum atomic E-state index is -4.61. The summed E-state index contributed by atoms with van der Waals surface area (Å²) in [5.74, 6) is -0.219. The Morgan fingerprint density at radius 2 is 1.32 bits per heavy atom. The van der Waals surface area contributed by atoms with Crippen LogP contribution in [0, 0.1) is 11.8 Å². The van der Waals surface area contributed by atoms with Crippen molar-refractivity contribution >= 4 is 32.3 Å². The van der Waals surface area contributed by atoms with Gasteiger partial charge in [-0.15, -0.1) is 5.11 Å². The molecule has 0 saturated carbocycles. The third-order valence-corrected chi connectivity index (χ3v) is 8.91. The van der Waals surface area contributed by atoms with Crippen molar-refractivity contribution in [1.29, 1.82) is 0 Å². The van der Waals surface area contributed by atoms with Crippen LogP contribution >= 0.6 is 0 Å². The number of nitrogens with zero attached hydrogens (tertiary/aromatic N) is 2. The molecule has 3 rings (SSSR count). The smallest absolute Gasteiger partial charge is 0.295 e. The molecule has 0 aromatic heterocycles. The number of benzene rings is 3. The number of unbranched alkanes of at least 4 members (excludes halogenated alkanes) is 2. The van der Waals surface area contributed by atoms with E-state index in [4.69, 9.17) is 0 Å². The van der Waals surface area contributed by atoms with E-state index in [-0.39, 0.29) is 38.9 Å². The van der Waals surface area contributed by atoms with Crippen LogP contribution in [-0.4, -0.2) is 28.3 Å². The SMILES string of the molecule is CCCCC(CC)C(O)c1ccc(/N=N/c2cc(S(=O)(=O)O)c3ccccc3c2O)c(C(O)C(CC)CCCC)c1. The van der Waals surface area contributed by atoms with Gasteiger partial charge in [0.1, 0.15) is 10.6 Å². The van der Waals surface area contributed by atoms with E-state index in [1.807, 2.05) is 6.92 Å². The molecule has 0 heterocycles. The predicted molar refractivity (Wildman–Crippen MR) is 163 cm³/mol. The molecule has 0 amide bonds. The van der Waals surface area contributed by atoms with Gasteiger partial charge in [-0.25, -0.2) is 0 Å². The highest BCUT2D eigenvalue weighted by Crippen LogP contribution is 2.42. The molecule has 41 heavy (non-hydrogen) atoms. The summed E-state index contributed by atoms with van der Waals surface area (Å²) < 4.78 is 34.1. The molecular weight excluding hydrogens is 540 g/mol. The number of phenolic OH excluding ortho intramolecular Hbond substituents is 1. The maximum atomic E-state index is 12.1. The van der Waals surface area contributed by atoms with Gasteiger partial charge < -0.3 is 15.3 Å². The van der Waals surface area contributed by atoms with Gasteiger partial charge >= 0.3 is 0 Å². The molecule has 4 N–H and O–H groups in total. The van der Waals surface area contributed by atoms with E-state index in [0.29, 0.717) is 16.8 Å². The first-order valence-electron chi connectivity index (χ1n) is 14.7. The summed E-state index contributed by atoms with van der Waals surface area (Å²) in [5.41, 5.74) is 1.44. The first kappa shape index (κ1) is 32.7. The second-order valence-electron chi connectivity index (χ2n) is 10.8. The van der Waals surface area contributed by atoms with Gasteiger partial charge in [0.25, 0.3) is 10.1 Å². The molecule has 3 aromatic carbocycles. The first-order chi connectivity index (χ1) is 19.6. The summed E-state index contributed by atoms with van der Waals surface area (Å²) in [6.07, 6.45) is 5.79. The molecular formula is C32H44N2O6S. The number of aliphatic hydroxyl groups excluding tert-OH is 2. The maximum Gasteiger partial charge on any atom is 0.295 e. The Hall–Kier alpha value is -2.85. The lowest BCUT2D eigenvalue weighted by Crippen LogP contribution is -2.15. The fraction of sp³-hybridized carbons (Fsp3) is 0.500. The number of aliphatic hydroxyl groups is 2. The molecule has 4 atom stereocenters. The highest BCUT2D eigenvalue weighted by molar-refractivity contribution is 7.86. The standard InChI is InChI=1S/C32H44N2O6S/c1-5-9-13-21(7-3)30(35)23-17-18-27(26(19-23)31(36)22(8-4)14-10-6-2)33-34-28-20-29(41(38,39)40)24-15-11-12-16-25(24)32(28)37/h11-12,15-22,30-31,35-37H,5-10,13-14H2,1-4H3,(H,38,39,40)/b34-33+. The Kier molecular flexibility index (Phi) is 11.8. The Morgan fingerprint density at radius 3 is 1.88 bits per heavy atom. The van der Waals surface area contributed by atoms with Crippen molar-refractivity contribution in [2.45, 2.75) is 96.2 Å². The largest absolute Gasteiger partial charge is 0.505 e. The lowest BCUT2D eigenvalue weighted by atomic mass is 9.85. The Bertz CT molecular complexity index is 1440. The third-order valence-electron chi connectivity index (χ3n) is 8.01. The van der Waals surface area contributed by atoms with Crippen molar-refractivity contribution in [3.8, 4) is 5.75 Å². The molecule has 3 aromatic rings. The van der Waals surface area contributed by atoms with Crippen molar-refractivity contribution in [3.63, 3.8) is 0 Å². The lowest BCUT2D eigenvalue weighted by molar-refractivity contribution is 0.0933. The van der Waals surface area contributed by atoms with E-state index in [0.717, 1.165) is 57.4 Å². The minimum absolute atomic E-state index is 0.0291. The number of rotatable bonds is 15. The van der Waals surface area contributed by atoms with Crippen LogP contribution in [0.2, 0.25) is 0 Å². The summed E-state index contributed by atoms with van der Waals surface area (Å²) in [4.78, 5) is -0.387. The Balaban J connectivity index is 2.13. The molecule has 0 fully saturated rings. The number of fused-ring (bicyclic) bond motifs is 1. The highest BCUT2D eigenvalue weighted by atomic mass is 32.2. The van der Waals surface area contributed by atoms with E-state index in [1.54, 1.807) is 30.3 Å². The van der Waals surface area contributed by atoms with Crippen LogP contribution in [0.25, 0.3) is 10.8 Å². The van der Waals surface area contributed by atoms with Crippen LogP contribution in [0.1, 0.15) is 102 Å². The number of aromatic hydroxyl groups is 1. The van der Waals surface area contributed by atoms with Crippen LogP contribution in [0.4, 0.5) is 11.4 Å². The number of azo groups is 1. The van der Waals surface area contributed by atoms with Crippen LogP contribution in [0.15, 0.2) is 63.7 Å². The fourth-order valence-electron chi connectivity index (χ4n) is 5.42. The monoisotopic (exact) mass is 584 g/mol. The molecule has 9 heteroatoms. The average molecular weight is 585 g/mol. The molecule has 8 nitrogen and oxygen atoms in total. The van der Waals surface area contributed by atoms with Gasteiger partial charge in [-0.05, 0) is 48.4 Å². The van der Waals surface area contributed by atoms with Gasteiger partial charge in [0, 0.05) is 16.3 Å². The van der Waals surface area contributed by atoms with Crippen molar-refractivity contribution in [1.82, 2.24) is 0 Å². The topological polar surface area (TPSA) is 140 Å².